The predicted octanol–water partition coefficient (Wildman–Crippen LogP) is 2.88. The van der Waals surface area contributed by atoms with Crippen LogP contribution >= 0.6 is 11.3 Å². The van der Waals surface area contributed by atoms with Crippen LogP contribution in [0.3, 0.4) is 0 Å². The molecule has 3 aromatic rings. The summed E-state index contributed by atoms with van der Waals surface area (Å²) in [5.41, 5.74) is 2.60. The Labute approximate surface area is 118 Å². The Balaban J connectivity index is 1.83. The minimum atomic E-state index is -0.968. The highest BCUT2D eigenvalue weighted by molar-refractivity contribution is 7.09. The number of aromatic carboxylic acids is 1. The van der Waals surface area contributed by atoms with Crippen LogP contribution in [-0.2, 0) is 13.1 Å². The van der Waals surface area contributed by atoms with Crippen LogP contribution in [0, 0.1) is 0 Å². The van der Waals surface area contributed by atoms with Gasteiger partial charge in [0.05, 0.1) is 12.1 Å². The van der Waals surface area contributed by atoms with Gasteiger partial charge in [-0.25, -0.2) is 4.79 Å². The van der Waals surface area contributed by atoms with E-state index in [0.717, 1.165) is 4.88 Å². The summed E-state index contributed by atoms with van der Waals surface area (Å²) in [4.78, 5) is 16.5. The largest absolute Gasteiger partial charge is 0.478 e. The van der Waals surface area contributed by atoms with Crippen molar-refractivity contribution in [2.75, 3.05) is 0 Å². The monoisotopic (exact) mass is 288 g/mol. The van der Waals surface area contributed by atoms with Crippen molar-refractivity contribution in [3.05, 3.63) is 52.2 Å². The molecule has 3 rings (SSSR count). The summed E-state index contributed by atoms with van der Waals surface area (Å²) >= 11 is 1.55. The van der Waals surface area contributed by atoms with E-state index in [1.807, 2.05) is 6.07 Å². The number of furan rings is 1. The van der Waals surface area contributed by atoms with Crippen molar-refractivity contribution in [1.82, 2.24) is 10.3 Å². The zero-order chi connectivity index (χ0) is 13.9. The second kappa shape index (κ2) is 5.44. The van der Waals surface area contributed by atoms with Crippen molar-refractivity contribution in [2.24, 2.45) is 0 Å². The van der Waals surface area contributed by atoms with Crippen LogP contribution < -0.4 is 5.32 Å². The van der Waals surface area contributed by atoms with E-state index in [1.54, 1.807) is 41.2 Å². The number of nitrogens with zero attached hydrogens (tertiary/aromatic N) is 1. The first-order chi connectivity index (χ1) is 9.75. The zero-order valence-electron chi connectivity index (χ0n) is 10.5. The third-order valence-corrected chi connectivity index (χ3v) is 3.73. The van der Waals surface area contributed by atoms with E-state index in [4.69, 9.17) is 4.42 Å². The van der Waals surface area contributed by atoms with Gasteiger partial charge in [0.1, 0.15) is 16.9 Å². The number of nitrogens with one attached hydrogen (secondary N) is 1. The lowest BCUT2D eigenvalue weighted by Crippen LogP contribution is -2.13. The van der Waals surface area contributed by atoms with Gasteiger partial charge in [0.2, 0.25) is 0 Å². The molecular formula is C14H12N2O3S. The van der Waals surface area contributed by atoms with Gasteiger partial charge in [-0.1, -0.05) is 18.2 Å². The van der Waals surface area contributed by atoms with Gasteiger partial charge < -0.3 is 14.8 Å². The molecule has 0 unspecified atom stereocenters. The van der Waals surface area contributed by atoms with Gasteiger partial charge in [0.15, 0.2) is 0 Å². The van der Waals surface area contributed by atoms with Crippen molar-refractivity contribution in [2.45, 2.75) is 13.1 Å². The molecule has 0 amide bonds. The maximum Gasteiger partial charge on any atom is 0.339 e. The zero-order valence-corrected chi connectivity index (χ0v) is 11.3. The first kappa shape index (κ1) is 12.8. The van der Waals surface area contributed by atoms with E-state index >= 15 is 0 Å². The van der Waals surface area contributed by atoms with Gasteiger partial charge in [-0.15, -0.1) is 11.3 Å². The quantitative estimate of drug-likeness (QED) is 0.755. The molecule has 0 radical (unpaired) electrons. The van der Waals surface area contributed by atoms with Crippen molar-refractivity contribution in [1.29, 1.82) is 0 Å². The summed E-state index contributed by atoms with van der Waals surface area (Å²) in [6.45, 7) is 1.01. The maximum absolute atomic E-state index is 11.4. The SMILES string of the molecule is O=C(O)c1c(CNCc2cncs2)oc2ccccc12. The Kier molecular flexibility index (Phi) is 3.49. The Morgan fingerprint density at radius 2 is 2.20 bits per heavy atom. The Morgan fingerprint density at radius 3 is 2.95 bits per heavy atom. The van der Waals surface area contributed by atoms with E-state index in [0.29, 0.717) is 29.8 Å². The number of rotatable bonds is 5. The highest BCUT2D eigenvalue weighted by Gasteiger charge is 2.19. The van der Waals surface area contributed by atoms with Crippen LogP contribution in [0.25, 0.3) is 11.0 Å². The standard InChI is InChI=1S/C14H12N2O3S/c17-14(18)13-10-3-1-2-4-11(10)19-12(13)7-15-5-9-6-16-8-20-9/h1-4,6,8,15H,5,7H2,(H,17,18). The second-order valence-corrected chi connectivity index (χ2v) is 5.24. The highest BCUT2D eigenvalue weighted by atomic mass is 32.1. The molecule has 1 aromatic carbocycles. The smallest absolute Gasteiger partial charge is 0.339 e. The molecule has 0 aliphatic carbocycles. The fraction of sp³-hybridized carbons (Fsp3) is 0.143. The number of carboxylic acid groups (broad SMARTS) is 1. The average Bonchev–Trinajstić information content (AvgIpc) is 3.05. The van der Waals surface area contributed by atoms with Gasteiger partial charge in [0.25, 0.3) is 0 Å². The average molecular weight is 288 g/mol. The van der Waals surface area contributed by atoms with Crippen molar-refractivity contribution >= 4 is 28.3 Å². The minimum Gasteiger partial charge on any atom is -0.478 e. The van der Waals surface area contributed by atoms with Crippen LogP contribution in [0.15, 0.2) is 40.4 Å². The van der Waals surface area contributed by atoms with Crippen LogP contribution in [0.2, 0.25) is 0 Å². The van der Waals surface area contributed by atoms with Crippen molar-refractivity contribution < 1.29 is 14.3 Å². The second-order valence-electron chi connectivity index (χ2n) is 4.27. The Hall–Kier alpha value is -2.18. The van der Waals surface area contributed by atoms with Crippen LogP contribution in [0.5, 0.6) is 0 Å². The number of carboxylic acids is 1. The normalized spacial score (nSPS) is 11.0. The number of para-hydroxylation sites is 1. The van der Waals surface area contributed by atoms with Crippen LogP contribution in [0.1, 0.15) is 21.0 Å². The molecular weight excluding hydrogens is 276 g/mol. The van der Waals surface area contributed by atoms with Gasteiger partial charge in [-0.3, -0.25) is 4.98 Å². The number of hydrogen-bond acceptors (Lipinski definition) is 5. The Morgan fingerprint density at radius 1 is 1.35 bits per heavy atom. The molecule has 0 saturated carbocycles. The molecule has 5 nitrogen and oxygen atoms in total. The summed E-state index contributed by atoms with van der Waals surface area (Å²) in [6, 6.07) is 7.16. The lowest BCUT2D eigenvalue weighted by molar-refractivity contribution is 0.0696. The van der Waals surface area contributed by atoms with E-state index < -0.39 is 5.97 Å². The molecule has 20 heavy (non-hydrogen) atoms. The van der Waals surface area contributed by atoms with E-state index in [9.17, 15) is 9.90 Å². The molecule has 2 heterocycles. The first-order valence-corrected chi connectivity index (χ1v) is 6.95. The molecule has 102 valence electrons. The summed E-state index contributed by atoms with van der Waals surface area (Å²) in [5.74, 6) is -0.521. The van der Waals surface area contributed by atoms with Crippen molar-refractivity contribution in [3.8, 4) is 0 Å². The summed E-state index contributed by atoms with van der Waals surface area (Å²) in [7, 11) is 0. The number of benzene rings is 1. The van der Waals surface area contributed by atoms with Crippen LogP contribution in [0.4, 0.5) is 0 Å². The molecule has 0 fully saturated rings. The number of hydrogen-bond donors (Lipinski definition) is 2. The first-order valence-electron chi connectivity index (χ1n) is 6.07. The molecule has 0 aliphatic heterocycles. The molecule has 0 saturated heterocycles. The Bertz CT molecular complexity index is 734. The molecule has 6 heteroatoms. The molecule has 0 atom stereocenters. The van der Waals surface area contributed by atoms with Crippen LogP contribution in [-0.4, -0.2) is 16.1 Å². The van der Waals surface area contributed by atoms with Crippen molar-refractivity contribution in [3.63, 3.8) is 0 Å². The summed E-state index contributed by atoms with van der Waals surface area (Å²) in [5, 5.41) is 13.1. The number of thiazole rings is 1. The van der Waals surface area contributed by atoms with E-state index in [1.165, 1.54) is 0 Å². The number of fused-ring (bicyclic) bond motifs is 1. The predicted molar refractivity (Wildman–Crippen MR) is 75.8 cm³/mol. The minimum absolute atomic E-state index is 0.234. The van der Waals surface area contributed by atoms with Gasteiger partial charge >= 0.3 is 5.97 Å². The molecule has 0 spiro atoms. The van der Waals surface area contributed by atoms with E-state index in [-0.39, 0.29) is 5.56 Å². The maximum atomic E-state index is 11.4. The molecule has 2 aromatic heterocycles. The van der Waals surface area contributed by atoms with Gasteiger partial charge in [0, 0.05) is 23.0 Å². The number of carbonyl (C=O) groups is 1. The highest BCUT2D eigenvalue weighted by Crippen LogP contribution is 2.25. The molecule has 0 aliphatic rings. The molecule has 2 N–H and O–H groups in total. The topological polar surface area (TPSA) is 75.4 Å². The third kappa shape index (κ3) is 2.43. The molecule has 0 bridgehead atoms. The van der Waals surface area contributed by atoms with Gasteiger partial charge in [-0.05, 0) is 6.07 Å². The fourth-order valence-electron chi connectivity index (χ4n) is 2.08. The summed E-state index contributed by atoms with van der Waals surface area (Å²) < 4.78 is 5.62. The van der Waals surface area contributed by atoms with E-state index in [2.05, 4.69) is 10.3 Å². The lowest BCUT2D eigenvalue weighted by Gasteiger charge is -2.01. The number of aromatic nitrogens is 1. The lowest BCUT2D eigenvalue weighted by atomic mass is 10.1. The fourth-order valence-corrected chi connectivity index (χ4v) is 2.65. The summed E-state index contributed by atoms with van der Waals surface area (Å²) in [6.07, 6.45) is 1.79. The van der Waals surface area contributed by atoms with Gasteiger partial charge in [-0.2, -0.15) is 0 Å². The third-order valence-electron chi connectivity index (χ3n) is 2.95.